The van der Waals surface area contributed by atoms with E-state index in [0.29, 0.717) is 5.69 Å². The number of hydrazine groups is 1. The van der Waals surface area contributed by atoms with Crippen molar-refractivity contribution in [3.63, 3.8) is 0 Å². The predicted molar refractivity (Wildman–Crippen MR) is 84.6 cm³/mol. The van der Waals surface area contributed by atoms with Gasteiger partial charge in [0.15, 0.2) is 0 Å². The molecule has 0 spiro atoms. The number of carbonyl (C=O) groups excluding carboxylic acids is 4. The Balaban J connectivity index is 2.48. The number of hydrogen-bond donors (Lipinski definition) is 2. The average molecular weight is 336 g/mol. The van der Waals surface area contributed by atoms with Crippen LogP contribution < -0.4 is 10.9 Å². The van der Waals surface area contributed by atoms with Crippen LogP contribution in [0.2, 0.25) is 0 Å². The Labute approximate surface area is 139 Å². The molecule has 130 valence electrons. The summed E-state index contributed by atoms with van der Waals surface area (Å²) >= 11 is 0. The standard InChI is InChI=1S/C16H20N2O6/c1-23-15(21)11(10-13(19)16(22)24-2)8-9-14(20)18-17-12-6-4-3-5-7-12/h3-7,11,17H,8-10H2,1-2H3,(H,18,20). The van der Waals surface area contributed by atoms with Crippen molar-refractivity contribution >= 4 is 29.3 Å². The van der Waals surface area contributed by atoms with Crippen LogP contribution in [0.1, 0.15) is 19.3 Å². The fraction of sp³-hybridized carbons (Fsp3) is 0.375. The lowest BCUT2D eigenvalue weighted by Crippen LogP contribution is -2.31. The minimum atomic E-state index is -1.03. The first-order valence-electron chi connectivity index (χ1n) is 7.26. The molecule has 1 amide bonds. The van der Waals surface area contributed by atoms with Gasteiger partial charge in [0.05, 0.1) is 25.8 Å². The largest absolute Gasteiger partial charge is 0.469 e. The van der Waals surface area contributed by atoms with E-state index in [1.807, 2.05) is 6.07 Å². The lowest BCUT2D eigenvalue weighted by molar-refractivity contribution is -0.154. The van der Waals surface area contributed by atoms with E-state index in [1.54, 1.807) is 24.3 Å². The minimum Gasteiger partial charge on any atom is -0.469 e. The van der Waals surface area contributed by atoms with E-state index >= 15 is 0 Å². The van der Waals surface area contributed by atoms with Crippen molar-refractivity contribution in [1.82, 2.24) is 5.43 Å². The smallest absolute Gasteiger partial charge is 0.374 e. The monoisotopic (exact) mass is 336 g/mol. The van der Waals surface area contributed by atoms with Gasteiger partial charge in [0.25, 0.3) is 0 Å². The SMILES string of the molecule is COC(=O)C(=O)CC(CCC(=O)NNc1ccccc1)C(=O)OC. The highest BCUT2D eigenvalue weighted by Crippen LogP contribution is 2.14. The van der Waals surface area contributed by atoms with Gasteiger partial charge in [0, 0.05) is 12.8 Å². The van der Waals surface area contributed by atoms with Crippen LogP contribution in [0.3, 0.4) is 0 Å². The van der Waals surface area contributed by atoms with Crippen LogP contribution in [-0.2, 0) is 28.7 Å². The highest BCUT2D eigenvalue weighted by atomic mass is 16.5. The molecule has 0 heterocycles. The van der Waals surface area contributed by atoms with Crippen molar-refractivity contribution in [3.05, 3.63) is 30.3 Å². The first-order chi connectivity index (χ1) is 11.5. The molecule has 0 aliphatic heterocycles. The molecule has 0 aliphatic carbocycles. The van der Waals surface area contributed by atoms with Gasteiger partial charge in [0.2, 0.25) is 11.7 Å². The number of esters is 2. The summed E-state index contributed by atoms with van der Waals surface area (Å²) in [5.74, 6) is -3.77. The number of amides is 1. The maximum absolute atomic E-state index is 11.8. The van der Waals surface area contributed by atoms with E-state index in [2.05, 4.69) is 20.3 Å². The topological polar surface area (TPSA) is 111 Å². The van der Waals surface area contributed by atoms with E-state index in [1.165, 1.54) is 7.11 Å². The van der Waals surface area contributed by atoms with Crippen LogP contribution >= 0.6 is 0 Å². The maximum atomic E-state index is 11.8. The number of ether oxygens (including phenoxy) is 2. The fourth-order valence-electron chi connectivity index (χ4n) is 1.92. The zero-order valence-corrected chi connectivity index (χ0v) is 13.5. The van der Waals surface area contributed by atoms with Gasteiger partial charge in [-0.3, -0.25) is 25.2 Å². The Morgan fingerprint density at radius 2 is 1.71 bits per heavy atom. The van der Waals surface area contributed by atoms with Crippen LogP contribution in [0.5, 0.6) is 0 Å². The van der Waals surface area contributed by atoms with Gasteiger partial charge in [-0.25, -0.2) is 4.79 Å². The zero-order chi connectivity index (χ0) is 17.9. The van der Waals surface area contributed by atoms with E-state index in [-0.39, 0.29) is 25.2 Å². The number of nitrogens with one attached hydrogen (secondary N) is 2. The van der Waals surface area contributed by atoms with Gasteiger partial charge in [-0.15, -0.1) is 0 Å². The summed E-state index contributed by atoms with van der Waals surface area (Å²) < 4.78 is 8.91. The summed E-state index contributed by atoms with van der Waals surface area (Å²) in [5.41, 5.74) is 5.91. The summed E-state index contributed by atoms with van der Waals surface area (Å²) in [5, 5.41) is 0. The summed E-state index contributed by atoms with van der Waals surface area (Å²) in [6.45, 7) is 0. The molecule has 8 heteroatoms. The molecule has 0 aromatic heterocycles. The van der Waals surface area contributed by atoms with Crippen molar-refractivity contribution < 1.29 is 28.7 Å². The summed E-state index contributed by atoms with van der Waals surface area (Å²) in [6, 6.07) is 8.99. The lowest BCUT2D eigenvalue weighted by Gasteiger charge is -2.13. The average Bonchev–Trinajstić information content (AvgIpc) is 2.62. The van der Waals surface area contributed by atoms with Gasteiger partial charge in [-0.1, -0.05) is 18.2 Å². The highest BCUT2D eigenvalue weighted by Gasteiger charge is 2.27. The molecular formula is C16H20N2O6. The first-order valence-corrected chi connectivity index (χ1v) is 7.26. The molecule has 1 atom stereocenters. The summed E-state index contributed by atoms with van der Waals surface area (Å²) in [4.78, 5) is 46.2. The molecular weight excluding hydrogens is 316 g/mol. The van der Waals surface area contributed by atoms with Crippen LogP contribution in [0.4, 0.5) is 5.69 Å². The molecule has 1 rings (SSSR count). The highest BCUT2D eigenvalue weighted by molar-refractivity contribution is 6.33. The van der Waals surface area contributed by atoms with Crippen molar-refractivity contribution in [3.8, 4) is 0 Å². The number of benzene rings is 1. The summed E-state index contributed by atoms with van der Waals surface area (Å²) in [6.07, 6.45) is -0.315. The van der Waals surface area contributed by atoms with E-state index in [0.717, 1.165) is 7.11 Å². The Kier molecular flexibility index (Phi) is 7.97. The van der Waals surface area contributed by atoms with E-state index in [4.69, 9.17) is 0 Å². The third-order valence-electron chi connectivity index (χ3n) is 3.22. The third-order valence-corrected chi connectivity index (χ3v) is 3.22. The second kappa shape index (κ2) is 9.98. The molecule has 1 unspecified atom stereocenters. The lowest BCUT2D eigenvalue weighted by atomic mass is 9.97. The van der Waals surface area contributed by atoms with Crippen LogP contribution in [0.15, 0.2) is 30.3 Å². The molecule has 1 aromatic carbocycles. The third kappa shape index (κ3) is 6.47. The number of hydrogen-bond acceptors (Lipinski definition) is 7. The Hall–Kier alpha value is -2.90. The van der Waals surface area contributed by atoms with Gasteiger partial charge < -0.3 is 9.47 Å². The van der Waals surface area contributed by atoms with Crippen molar-refractivity contribution in [2.24, 2.45) is 5.92 Å². The fourth-order valence-corrected chi connectivity index (χ4v) is 1.92. The molecule has 0 aliphatic rings. The first kappa shape index (κ1) is 19.1. The van der Waals surface area contributed by atoms with E-state index < -0.39 is 23.6 Å². The number of Topliss-reactive ketones (excluding diaryl/α,β-unsaturated/α-hetero) is 1. The molecule has 0 saturated carbocycles. The van der Waals surface area contributed by atoms with Crippen molar-refractivity contribution in [1.29, 1.82) is 0 Å². The van der Waals surface area contributed by atoms with Gasteiger partial charge >= 0.3 is 11.9 Å². The Morgan fingerprint density at radius 1 is 1.04 bits per heavy atom. The molecule has 0 saturated heterocycles. The van der Waals surface area contributed by atoms with Crippen molar-refractivity contribution in [2.45, 2.75) is 19.3 Å². The molecule has 0 bridgehead atoms. The molecule has 0 fully saturated rings. The summed E-state index contributed by atoms with van der Waals surface area (Å²) in [7, 11) is 2.26. The quantitative estimate of drug-likeness (QED) is 0.390. The second-order valence-electron chi connectivity index (χ2n) is 4.92. The van der Waals surface area contributed by atoms with Gasteiger partial charge in [-0.05, 0) is 18.6 Å². The number of ketones is 1. The molecule has 24 heavy (non-hydrogen) atoms. The number of rotatable bonds is 9. The van der Waals surface area contributed by atoms with Crippen molar-refractivity contribution in [2.75, 3.05) is 19.6 Å². The number of para-hydroxylation sites is 1. The molecule has 1 aromatic rings. The molecule has 8 nitrogen and oxygen atoms in total. The number of anilines is 1. The Bertz CT molecular complexity index is 587. The molecule has 2 N–H and O–H groups in total. The van der Waals surface area contributed by atoms with E-state index in [9.17, 15) is 19.2 Å². The normalized spacial score (nSPS) is 11.1. The minimum absolute atomic E-state index is 0.0198. The van der Waals surface area contributed by atoms with Gasteiger partial charge in [-0.2, -0.15) is 0 Å². The number of methoxy groups -OCH3 is 2. The number of carbonyl (C=O) groups is 4. The Morgan fingerprint density at radius 3 is 2.29 bits per heavy atom. The zero-order valence-electron chi connectivity index (χ0n) is 13.5. The molecule has 0 radical (unpaired) electrons. The predicted octanol–water partition coefficient (Wildman–Crippen LogP) is 0.831. The van der Waals surface area contributed by atoms with Crippen LogP contribution in [0.25, 0.3) is 0 Å². The van der Waals surface area contributed by atoms with Gasteiger partial charge in [0.1, 0.15) is 0 Å². The van der Waals surface area contributed by atoms with Crippen LogP contribution in [0, 0.1) is 5.92 Å². The van der Waals surface area contributed by atoms with Crippen LogP contribution in [-0.4, -0.2) is 37.8 Å². The second-order valence-corrected chi connectivity index (χ2v) is 4.92. The maximum Gasteiger partial charge on any atom is 0.374 e.